The van der Waals surface area contributed by atoms with E-state index in [1.165, 1.54) is 83.4 Å². The van der Waals surface area contributed by atoms with Gasteiger partial charge in [-0.15, -0.1) is 0 Å². The molecule has 0 aromatic carbocycles. The zero-order valence-electron chi connectivity index (χ0n) is 38.1. The Morgan fingerprint density at radius 2 is 1.18 bits per heavy atom. The number of hydrogen-bond donors (Lipinski definition) is 4. The van der Waals surface area contributed by atoms with Gasteiger partial charge in [0.15, 0.2) is 6.10 Å². The van der Waals surface area contributed by atoms with Gasteiger partial charge in [0.1, 0.15) is 6.61 Å². The third-order valence-corrected chi connectivity index (χ3v) is 11.4. The van der Waals surface area contributed by atoms with E-state index in [9.17, 15) is 23.8 Å². The number of esters is 2. The van der Waals surface area contributed by atoms with Crippen LogP contribution in [-0.4, -0.2) is 71.2 Å². The van der Waals surface area contributed by atoms with E-state index in [1.54, 1.807) is 6.20 Å². The number of phosphoric acid groups is 1. The summed E-state index contributed by atoms with van der Waals surface area (Å²) < 4.78 is 33.7. The molecule has 1 amide bonds. The van der Waals surface area contributed by atoms with Crippen LogP contribution in [0.15, 0.2) is 36.8 Å². The van der Waals surface area contributed by atoms with Crippen LogP contribution < -0.4 is 11.1 Å². The molecule has 0 radical (unpaired) electrons. The van der Waals surface area contributed by atoms with E-state index in [1.807, 2.05) is 0 Å². The Kier molecular flexibility index (Phi) is 36.8. The lowest BCUT2D eigenvalue weighted by Crippen LogP contribution is -2.43. The van der Waals surface area contributed by atoms with Crippen molar-refractivity contribution in [1.29, 1.82) is 0 Å². The minimum atomic E-state index is -4.60. The number of hydrogen-bond acceptors (Lipinski definition) is 10. The Morgan fingerprint density at radius 1 is 0.705 bits per heavy atom. The van der Waals surface area contributed by atoms with Crippen molar-refractivity contribution in [3.63, 3.8) is 0 Å². The van der Waals surface area contributed by atoms with E-state index in [0.717, 1.165) is 77.0 Å². The predicted octanol–water partition coefficient (Wildman–Crippen LogP) is 11.1. The molecule has 0 aliphatic carbocycles. The molecule has 1 aromatic rings. The van der Waals surface area contributed by atoms with Gasteiger partial charge in [0, 0.05) is 37.7 Å². The first-order valence-corrected chi connectivity index (χ1v) is 25.4. The summed E-state index contributed by atoms with van der Waals surface area (Å²) >= 11 is 0. The van der Waals surface area contributed by atoms with Crippen LogP contribution in [-0.2, 0) is 43.9 Å². The van der Waals surface area contributed by atoms with Crippen LogP contribution in [0.3, 0.4) is 0 Å². The normalized spacial score (nSPS) is 13.7. The molecule has 0 aliphatic rings. The predicted molar refractivity (Wildman–Crippen MR) is 245 cm³/mol. The highest BCUT2D eigenvalue weighted by molar-refractivity contribution is 7.47. The molecule has 1 rings (SSSR count). The van der Waals surface area contributed by atoms with Gasteiger partial charge in [-0.3, -0.25) is 23.4 Å². The quantitative estimate of drug-likeness (QED) is 0.0211. The summed E-state index contributed by atoms with van der Waals surface area (Å²) in [4.78, 5) is 54.7. The summed E-state index contributed by atoms with van der Waals surface area (Å²) in [6.07, 6.45) is 41.7. The third kappa shape index (κ3) is 36.4. The topological polar surface area (TPSA) is 192 Å². The van der Waals surface area contributed by atoms with E-state index < -0.39 is 44.4 Å². The summed E-state index contributed by atoms with van der Waals surface area (Å²) in [5.41, 5.74) is 6.61. The summed E-state index contributed by atoms with van der Waals surface area (Å²) in [6.45, 7) is 3.23. The molecule has 3 atom stereocenters. The first-order valence-electron chi connectivity index (χ1n) is 23.9. The van der Waals surface area contributed by atoms with Crippen molar-refractivity contribution < 1.29 is 42.4 Å². The zero-order valence-corrected chi connectivity index (χ0v) is 39.0. The van der Waals surface area contributed by atoms with Crippen LogP contribution in [0.5, 0.6) is 0 Å². The maximum absolute atomic E-state index is 12.8. The van der Waals surface area contributed by atoms with Crippen molar-refractivity contribution in [2.75, 3.05) is 26.4 Å². The number of imidazole rings is 1. The van der Waals surface area contributed by atoms with E-state index in [0.29, 0.717) is 18.5 Å². The number of unbranched alkanes of at least 4 members (excludes halogenated alkanes) is 22. The molecule has 0 fully saturated rings. The molecule has 5 N–H and O–H groups in total. The largest absolute Gasteiger partial charge is 0.472 e. The lowest BCUT2D eigenvalue weighted by atomic mass is 10.1. The molecule has 13 nitrogen and oxygen atoms in total. The highest BCUT2D eigenvalue weighted by atomic mass is 31.2. The molecule has 61 heavy (non-hydrogen) atoms. The molecule has 0 bridgehead atoms. The van der Waals surface area contributed by atoms with E-state index in [-0.39, 0.29) is 39.0 Å². The van der Waals surface area contributed by atoms with E-state index in [4.69, 9.17) is 24.3 Å². The van der Waals surface area contributed by atoms with Crippen LogP contribution in [0.1, 0.15) is 199 Å². The third-order valence-electron chi connectivity index (χ3n) is 10.4. The second-order valence-corrected chi connectivity index (χ2v) is 17.7. The number of rotatable bonds is 43. The molecular weight excluding hydrogens is 796 g/mol. The van der Waals surface area contributed by atoms with Crippen molar-refractivity contribution in [3.8, 4) is 0 Å². The number of ether oxygens (including phenoxy) is 2. The van der Waals surface area contributed by atoms with E-state index in [2.05, 4.69) is 53.4 Å². The van der Waals surface area contributed by atoms with Crippen LogP contribution >= 0.6 is 7.82 Å². The Bertz CT molecular complexity index is 1310. The number of carbonyl (C=O) groups excluding carboxylic acids is 3. The van der Waals surface area contributed by atoms with Crippen molar-refractivity contribution in [2.24, 2.45) is 5.73 Å². The smallest absolute Gasteiger partial charge is 0.462 e. The number of carbonyl (C=O) groups is 3. The van der Waals surface area contributed by atoms with Crippen LogP contribution in [0.2, 0.25) is 0 Å². The van der Waals surface area contributed by atoms with Gasteiger partial charge in [-0.25, -0.2) is 9.55 Å². The standard InChI is InChI=1S/C47H85N4O9P/c1-3-5-7-9-11-13-15-17-19-21-23-25-27-29-31-33-45(52)57-39-43(40-59-61(55,56)58-36-35-50-47(54)44(48)37-42-38-49-41-51-42)60-46(53)34-32-30-28-26-24-22-20-18-16-14-12-10-8-6-4-2/h17-20,38,41,43-44H,3-16,21-37,39-40,48H2,1-2H3,(H,49,51)(H,50,54)(H,55,56)/b19-17-,20-18-. The summed E-state index contributed by atoms with van der Waals surface area (Å²) in [7, 11) is -4.60. The average Bonchev–Trinajstić information content (AvgIpc) is 3.76. The lowest BCUT2D eigenvalue weighted by molar-refractivity contribution is -0.161. The highest BCUT2D eigenvalue weighted by Gasteiger charge is 2.26. The Labute approximate surface area is 369 Å². The van der Waals surface area contributed by atoms with Gasteiger partial charge < -0.3 is 30.4 Å². The SMILES string of the molecule is CCCCCCCC/C=C\CCCCCCCC(=O)OCC(COP(=O)(O)OCCNC(=O)C(N)Cc1cnc[nH]1)OC(=O)CCCCCCC/C=C\CCCCCCCC. The van der Waals surface area contributed by atoms with Gasteiger partial charge in [-0.1, -0.05) is 141 Å². The maximum atomic E-state index is 12.8. The minimum absolute atomic E-state index is 0.0915. The minimum Gasteiger partial charge on any atom is -0.462 e. The molecule has 0 aliphatic heterocycles. The summed E-state index contributed by atoms with van der Waals surface area (Å²) in [5.74, 6) is -1.39. The molecular formula is C47H85N4O9P. The first kappa shape index (κ1) is 56.2. The second-order valence-electron chi connectivity index (χ2n) is 16.2. The Morgan fingerprint density at radius 3 is 1.67 bits per heavy atom. The molecule has 1 aromatic heterocycles. The number of nitrogens with two attached hydrogens (primary N) is 1. The fraction of sp³-hybridized carbons (Fsp3) is 0.787. The number of amides is 1. The number of aromatic nitrogens is 2. The van der Waals surface area contributed by atoms with Crippen LogP contribution in [0.25, 0.3) is 0 Å². The Hall–Kier alpha value is -2.83. The van der Waals surface area contributed by atoms with Crippen molar-refractivity contribution in [2.45, 2.75) is 212 Å². The highest BCUT2D eigenvalue weighted by Crippen LogP contribution is 2.43. The van der Waals surface area contributed by atoms with E-state index >= 15 is 0 Å². The number of phosphoric ester groups is 1. The molecule has 14 heteroatoms. The number of allylic oxidation sites excluding steroid dienone is 4. The van der Waals surface area contributed by atoms with Crippen LogP contribution in [0, 0.1) is 0 Å². The summed E-state index contributed by atoms with van der Waals surface area (Å²) in [5, 5.41) is 2.55. The lowest BCUT2D eigenvalue weighted by Gasteiger charge is -2.20. The summed E-state index contributed by atoms with van der Waals surface area (Å²) in [6, 6.07) is -0.848. The maximum Gasteiger partial charge on any atom is 0.472 e. The molecule has 0 saturated heterocycles. The second kappa shape index (κ2) is 40.0. The Balaban J connectivity index is 2.40. The van der Waals surface area contributed by atoms with Gasteiger partial charge >= 0.3 is 19.8 Å². The molecule has 0 saturated carbocycles. The first-order chi connectivity index (χ1) is 29.7. The van der Waals surface area contributed by atoms with Crippen LogP contribution in [0.4, 0.5) is 0 Å². The number of nitrogens with zero attached hydrogens (tertiary/aromatic N) is 1. The fourth-order valence-corrected chi connectivity index (χ4v) is 7.46. The number of H-pyrrole nitrogens is 1. The van der Waals surface area contributed by atoms with Gasteiger partial charge in [-0.2, -0.15) is 0 Å². The van der Waals surface area contributed by atoms with Gasteiger partial charge in [0.25, 0.3) is 0 Å². The average molecular weight is 881 g/mol. The molecule has 0 spiro atoms. The van der Waals surface area contributed by atoms with Gasteiger partial charge in [0.05, 0.1) is 25.6 Å². The zero-order chi connectivity index (χ0) is 44.5. The number of aromatic amines is 1. The monoisotopic (exact) mass is 881 g/mol. The van der Waals surface area contributed by atoms with Gasteiger partial charge in [-0.05, 0) is 64.2 Å². The molecule has 1 heterocycles. The fourth-order valence-electron chi connectivity index (χ4n) is 6.71. The van der Waals surface area contributed by atoms with Crippen molar-refractivity contribution in [3.05, 3.63) is 42.5 Å². The number of nitrogens with one attached hydrogen (secondary N) is 2. The van der Waals surface area contributed by atoms with Gasteiger partial charge in [0.2, 0.25) is 5.91 Å². The molecule has 352 valence electrons. The van der Waals surface area contributed by atoms with Crippen molar-refractivity contribution in [1.82, 2.24) is 15.3 Å². The van der Waals surface area contributed by atoms with Crippen molar-refractivity contribution >= 4 is 25.7 Å². The molecule has 3 unspecified atom stereocenters.